The number of aromatic nitrogens is 1. The van der Waals surface area contributed by atoms with Crippen LogP contribution in [0.2, 0.25) is 0 Å². The fraction of sp³-hybridized carbons (Fsp3) is 0.273. The SMILES string of the molecule is Cn1cccc1C=Cc1ccccc1OCC(O)CN1CCN(C(c2ccccc2)c2ccccc2)CC1. The van der Waals surface area contributed by atoms with Crippen LogP contribution in [0.15, 0.2) is 103 Å². The van der Waals surface area contributed by atoms with Crippen LogP contribution in [0.4, 0.5) is 0 Å². The van der Waals surface area contributed by atoms with Crippen molar-refractivity contribution in [2.24, 2.45) is 7.05 Å². The number of rotatable bonds is 10. The zero-order chi connectivity index (χ0) is 26.2. The van der Waals surface area contributed by atoms with Crippen LogP contribution >= 0.6 is 0 Å². The van der Waals surface area contributed by atoms with E-state index < -0.39 is 6.10 Å². The minimum atomic E-state index is -0.550. The fourth-order valence-corrected chi connectivity index (χ4v) is 5.20. The molecule has 1 unspecified atom stereocenters. The molecule has 0 amide bonds. The van der Waals surface area contributed by atoms with Gasteiger partial charge in [0.1, 0.15) is 18.5 Å². The second kappa shape index (κ2) is 12.7. The van der Waals surface area contributed by atoms with E-state index in [0.717, 1.165) is 43.2 Å². The predicted molar refractivity (Wildman–Crippen MR) is 155 cm³/mol. The molecule has 5 nitrogen and oxygen atoms in total. The van der Waals surface area contributed by atoms with E-state index >= 15 is 0 Å². The second-order valence-electron chi connectivity index (χ2n) is 9.94. The molecule has 0 saturated carbocycles. The number of benzene rings is 3. The van der Waals surface area contributed by atoms with Crippen LogP contribution in [0.1, 0.15) is 28.4 Å². The zero-order valence-electron chi connectivity index (χ0n) is 22.1. The van der Waals surface area contributed by atoms with E-state index in [-0.39, 0.29) is 12.6 Å². The fourth-order valence-electron chi connectivity index (χ4n) is 5.20. The Balaban J connectivity index is 1.15. The molecule has 3 aromatic carbocycles. The highest BCUT2D eigenvalue weighted by molar-refractivity contribution is 5.71. The molecular weight excluding hydrogens is 470 g/mol. The van der Waals surface area contributed by atoms with Crippen LogP contribution in [0.25, 0.3) is 12.2 Å². The van der Waals surface area contributed by atoms with E-state index in [2.05, 4.69) is 93.2 Å². The van der Waals surface area contributed by atoms with Crippen molar-refractivity contribution in [1.82, 2.24) is 14.4 Å². The van der Waals surface area contributed by atoms with Gasteiger partial charge in [-0.15, -0.1) is 0 Å². The Bertz CT molecular complexity index is 1250. The summed E-state index contributed by atoms with van der Waals surface area (Å²) >= 11 is 0. The van der Waals surface area contributed by atoms with Crippen LogP contribution < -0.4 is 4.74 Å². The van der Waals surface area contributed by atoms with Crippen molar-refractivity contribution < 1.29 is 9.84 Å². The minimum absolute atomic E-state index is 0.243. The van der Waals surface area contributed by atoms with E-state index in [1.807, 2.05) is 43.6 Å². The first-order valence-corrected chi connectivity index (χ1v) is 13.4. The Labute approximate surface area is 226 Å². The predicted octanol–water partition coefficient (Wildman–Crippen LogP) is 5.34. The quantitative estimate of drug-likeness (QED) is 0.315. The summed E-state index contributed by atoms with van der Waals surface area (Å²) in [6.45, 7) is 4.62. The highest BCUT2D eigenvalue weighted by atomic mass is 16.5. The number of ether oxygens (including phenoxy) is 1. The van der Waals surface area contributed by atoms with Gasteiger partial charge in [0, 0.05) is 57.2 Å². The van der Waals surface area contributed by atoms with Crippen molar-refractivity contribution in [2.75, 3.05) is 39.3 Å². The molecular formula is C33H37N3O2. The molecule has 1 N–H and O–H groups in total. The molecule has 4 aromatic rings. The molecule has 5 rings (SSSR count). The molecule has 196 valence electrons. The summed E-state index contributed by atoms with van der Waals surface area (Å²) in [5.74, 6) is 0.787. The smallest absolute Gasteiger partial charge is 0.126 e. The van der Waals surface area contributed by atoms with Crippen molar-refractivity contribution in [1.29, 1.82) is 0 Å². The third-order valence-corrected chi connectivity index (χ3v) is 7.24. The maximum absolute atomic E-state index is 10.8. The molecule has 38 heavy (non-hydrogen) atoms. The third-order valence-electron chi connectivity index (χ3n) is 7.24. The molecule has 0 spiro atoms. The van der Waals surface area contributed by atoms with Crippen LogP contribution in [0.5, 0.6) is 5.75 Å². The maximum Gasteiger partial charge on any atom is 0.126 e. The Kier molecular flexibility index (Phi) is 8.71. The third kappa shape index (κ3) is 6.62. The van der Waals surface area contributed by atoms with Gasteiger partial charge in [-0.25, -0.2) is 0 Å². The normalized spacial score (nSPS) is 15.8. The molecule has 1 aliphatic heterocycles. The molecule has 1 atom stereocenters. The van der Waals surface area contributed by atoms with E-state index in [0.29, 0.717) is 6.54 Å². The molecule has 2 heterocycles. The molecule has 1 aliphatic rings. The van der Waals surface area contributed by atoms with Gasteiger partial charge in [-0.2, -0.15) is 0 Å². The standard InChI is InChI=1S/C33H37N3O2/c1-34-20-10-16-30(34)19-18-27-11-8-9-17-32(27)38-26-31(37)25-35-21-23-36(24-22-35)33(28-12-4-2-5-13-28)29-14-6-3-7-15-29/h2-20,31,33,37H,21-26H2,1H3. The van der Waals surface area contributed by atoms with Crippen LogP contribution in [0.3, 0.4) is 0 Å². The topological polar surface area (TPSA) is 40.9 Å². The van der Waals surface area contributed by atoms with Crippen LogP contribution in [-0.4, -0.2) is 64.9 Å². The highest BCUT2D eigenvalue weighted by Gasteiger charge is 2.27. The molecule has 5 heteroatoms. The first-order valence-electron chi connectivity index (χ1n) is 13.4. The number of hydrogen-bond acceptors (Lipinski definition) is 4. The monoisotopic (exact) mass is 507 g/mol. The molecule has 0 bridgehead atoms. The van der Waals surface area contributed by atoms with E-state index in [4.69, 9.17) is 4.74 Å². The van der Waals surface area contributed by atoms with Crippen LogP contribution in [0, 0.1) is 0 Å². The summed E-state index contributed by atoms with van der Waals surface area (Å²) in [6.07, 6.45) is 5.62. The summed E-state index contributed by atoms with van der Waals surface area (Å²) in [5, 5.41) is 10.8. The van der Waals surface area contributed by atoms with Crippen molar-refractivity contribution in [3.8, 4) is 5.75 Å². The van der Waals surface area contributed by atoms with Crippen molar-refractivity contribution in [3.05, 3.63) is 126 Å². The van der Waals surface area contributed by atoms with Gasteiger partial charge in [0.25, 0.3) is 0 Å². The Morgan fingerprint density at radius 3 is 2.03 bits per heavy atom. The Morgan fingerprint density at radius 1 is 0.763 bits per heavy atom. The number of nitrogens with zero attached hydrogens (tertiary/aromatic N) is 3. The average molecular weight is 508 g/mol. The number of para-hydroxylation sites is 1. The molecule has 1 aromatic heterocycles. The molecule has 0 radical (unpaired) electrons. The first-order chi connectivity index (χ1) is 18.7. The van der Waals surface area contributed by atoms with Crippen molar-refractivity contribution in [3.63, 3.8) is 0 Å². The van der Waals surface area contributed by atoms with Gasteiger partial charge in [0.05, 0.1) is 6.04 Å². The summed E-state index contributed by atoms with van der Waals surface area (Å²) < 4.78 is 8.15. The first kappa shape index (κ1) is 26.0. The lowest BCUT2D eigenvalue weighted by Gasteiger charge is -2.40. The number of aryl methyl sites for hydroxylation is 1. The van der Waals surface area contributed by atoms with E-state index in [1.165, 1.54) is 11.1 Å². The zero-order valence-corrected chi connectivity index (χ0v) is 22.1. The van der Waals surface area contributed by atoms with Crippen molar-refractivity contribution >= 4 is 12.2 Å². The Hall–Kier alpha value is -3.64. The van der Waals surface area contributed by atoms with Gasteiger partial charge in [-0.05, 0) is 41.5 Å². The summed E-state index contributed by atoms with van der Waals surface area (Å²) in [7, 11) is 2.03. The lowest BCUT2D eigenvalue weighted by atomic mass is 9.96. The summed E-state index contributed by atoms with van der Waals surface area (Å²) in [6, 6.07) is 33.8. The van der Waals surface area contributed by atoms with Gasteiger partial charge in [0.2, 0.25) is 0 Å². The van der Waals surface area contributed by atoms with E-state index in [9.17, 15) is 5.11 Å². The molecule has 1 saturated heterocycles. The maximum atomic E-state index is 10.8. The Morgan fingerprint density at radius 2 is 1.39 bits per heavy atom. The minimum Gasteiger partial charge on any atom is -0.490 e. The van der Waals surface area contributed by atoms with Gasteiger partial charge in [-0.3, -0.25) is 9.80 Å². The van der Waals surface area contributed by atoms with E-state index in [1.54, 1.807) is 0 Å². The van der Waals surface area contributed by atoms with Crippen molar-refractivity contribution in [2.45, 2.75) is 12.1 Å². The number of piperazine rings is 1. The largest absolute Gasteiger partial charge is 0.490 e. The molecule has 1 fully saturated rings. The highest BCUT2D eigenvalue weighted by Crippen LogP contribution is 2.29. The second-order valence-corrected chi connectivity index (χ2v) is 9.94. The molecule has 0 aliphatic carbocycles. The number of β-amino-alcohol motifs (C(OH)–C–C–N with tert-alkyl or cyclic N) is 1. The summed E-state index contributed by atoms with van der Waals surface area (Å²) in [5.41, 5.74) is 4.77. The van der Waals surface area contributed by atoms with Gasteiger partial charge >= 0.3 is 0 Å². The lowest BCUT2D eigenvalue weighted by Crippen LogP contribution is -2.50. The van der Waals surface area contributed by atoms with Crippen LogP contribution in [-0.2, 0) is 7.05 Å². The number of aliphatic hydroxyl groups is 1. The average Bonchev–Trinajstić information content (AvgIpc) is 3.38. The van der Waals surface area contributed by atoms with Gasteiger partial charge in [-0.1, -0.05) is 78.9 Å². The van der Waals surface area contributed by atoms with Gasteiger partial charge < -0.3 is 14.4 Å². The van der Waals surface area contributed by atoms with Gasteiger partial charge in [0.15, 0.2) is 0 Å². The number of hydrogen-bond donors (Lipinski definition) is 1. The number of aliphatic hydroxyl groups excluding tert-OH is 1. The summed E-state index contributed by atoms with van der Waals surface area (Å²) in [4.78, 5) is 4.90. The lowest BCUT2D eigenvalue weighted by molar-refractivity contribution is 0.0400.